The fourth-order valence-electron chi connectivity index (χ4n) is 0.640. The maximum atomic E-state index is 10.6. The molecule has 0 aromatic carbocycles. The van der Waals surface area contributed by atoms with Gasteiger partial charge in [0, 0.05) is 6.20 Å². The molecule has 0 aliphatic carbocycles. The van der Waals surface area contributed by atoms with E-state index in [1.54, 1.807) is 17.4 Å². The maximum absolute atomic E-state index is 10.6. The fraction of sp³-hybridized carbons (Fsp3) is 0.500. The van der Waals surface area contributed by atoms with E-state index in [-0.39, 0.29) is 12.5 Å². The van der Waals surface area contributed by atoms with E-state index in [2.05, 4.69) is 4.74 Å². The van der Waals surface area contributed by atoms with Gasteiger partial charge in [-0.15, -0.1) is 0 Å². The predicted octanol–water partition coefficient (Wildman–Crippen LogP) is -0.0797. The summed E-state index contributed by atoms with van der Waals surface area (Å²) in [5, 5.41) is 0. The van der Waals surface area contributed by atoms with Crippen LogP contribution in [0.3, 0.4) is 0 Å². The van der Waals surface area contributed by atoms with Crippen LogP contribution in [0.15, 0.2) is 12.5 Å². The summed E-state index contributed by atoms with van der Waals surface area (Å²) in [5.41, 5.74) is 0. The number of hydrogen-bond acceptors (Lipinski definition) is 4. The normalized spacial score (nSPS) is 15.1. The zero-order valence-electron chi connectivity index (χ0n) is 5.74. The first-order valence-corrected chi connectivity index (χ1v) is 2.92. The van der Waals surface area contributed by atoms with Crippen molar-refractivity contribution in [3.8, 4) is 0 Å². The first kappa shape index (κ1) is 6.92. The number of hydrogen-bond donors (Lipinski definition) is 0. The largest absolute Gasteiger partial charge is 0.479 e. The van der Waals surface area contributed by atoms with Gasteiger partial charge in [-0.25, -0.2) is 0 Å². The van der Waals surface area contributed by atoms with Crippen LogP contribution in [-0.4, -0.2) is 31.3 Å². The minimum Gasteiger partial charge on any atom is -0.479 e. The number of esters is 1. The Morgan fingerprint density at radius 1 is 1.90 bits per heavy atom. The smallest absolute Gasteiger partial charge is 0.325 e. The Balaban J connectivity index is 2.24. The van der Waals surface area contributed by atoms with Crippen molar-refractivity contribution in [2.24, 2.45) is 0 Å². The number of carbonyl (C=O) groups excluding carboxylic acids is 1. The second-order valence-electron chi connectivity index (χ2n) is 1.90. The highest BCUT2D eigenvalue weighted by atomic mass is 16.5. The Hall–Kier alpha value is -1.19. The minimum atomic E-state index is -0.254. The van der Waals surface area contributed by atoms with Crippen molar-refractivity contribution in [2.45, 2.75) is 0 Å². The van der Waals surface area contributed by atoms with Gasteiger partial charge in [0.25, 0.3) is 0 Å². The molecule has 1 rings (SSSR count). The standard InChI is InChI=1S/C6H9NO3/c1-9-6(8)4-7-2-3-10-5-7/h2-3H,4-5H2,1H3. The lowest BCUT2D eigenvalue weighted by atomic mass is 10.6. The average molecular weight is 143 g/mol. The van der Waals surface area contributed by atoms with E-state index in [1.807, 2.05) is 0 Å². The Morgan fingerprint density at radius 3 is 3.20 bits per heavy atom. The number of nitrogens with zero attached hydrogens (tertiary/aromatic N) is 1. The van der Waals surface area contributed by atoms with Gasteiger partial charge in [0.15, 0.2) is 6.73 Å². The van der Waals surface area contributed by atoms with Gasteiger partial charge in [-0.05, 0) is 0 Å². The topological polar surface area (TPSA) is 38.8 Å². The maximum Gasteiger partial charge on any atom is 0.325 e. The molecule has 0 saturated heterocycles. The van der Waals surface area contributed by atoms with Crippen molar-refractivity contribution in [1.29, 1.82) is 0 Å². The molecule has 10 heavy (non-hydrogen) atoms. The molecule has 0 aromatic rings. The highest BCUT2D eigenvalue weighted by molar-refractivity contribution is 5.71. The number of carbonyl (C=O) groups is 1. The molecule has 0 fully saturated rings. The molecule has 0 atom stereocenters. The molecule has 56 valence electrons. The number of methoxy groups -OCH3 is 1. The number of ether oxygens (including phenoxy) is 2. The molecule has 0 saturated carbocycles. The highest BCUT2D eigenvalue weighted by Gasteiger charge is 2.09. The van der Waals surface area contributed by atoms with Crippen molar-refractivity contribution < 1.29 is 14.3 Å². The van der Waals surface area contributed by atoms with Crippen LogP contribution in [0.5, 0.6) is 0 Å². The molecule has 0 unspecified atom stereocenters. The average Bonchev–Trinajstić information content (AvgIpc) is 2.40. The molecule has 0 N–H and O–H groups in total. The van der Waals surface area contributed by atoms with Crippen molar-refractivity contribution in [3.63, 3.8) is 0 Å². The fourth-order valence-corrected chi connectivity index (χ4v) is 0.640. The van der Waals surface area contributed by atoms with Crippen LogP contribution in [0.1, 0.15) is 0 Å². The van der Waals surface area contributed by atoms with Crippen LogP contribution >= 0.6 is 0 Å². The predicted molar refractivity (Wildman–Crippen MR) is 33.8 cm³/mol. The van der Waals surface area contributed by atoms with Crippen LogP contribution in [0.25, 0.3) is 0 Å². The number of rotatable bonds is 2. The minimum absolute atomic E-state index is 0.254. The lowest BCUT2D eigenvalue weighted by Crippen LogP contribution is -2.24. The van der Waals surface area contributed by atoms with Crippen LogP contribution in [0, 0.1) is 0 Å². The van der Waals surface area contributed by atoms with Gasteiger partial charge >= 0.3 is 5.97 Å². The summed E-state index contributed by atoms with van der Waals surface area (Å²) in [5.74, 6) is -0.254. The van der Waals surface area contributed by atoms with E-state index < -0.39 is 0 Å². The third-order valence-electron chi connectivity index (χ3n) is 1.17. The summed E-state index contributed by atoms with van der Waals surface area (Å²) < 4.78 is 9.28. The van der Waals surface area contributed by atoms with Gasteiger partial charge in [-0.2, -0.15) is 0 Å². The Labute approximate surface area is 59.0 Å². The lowest BCUT2D eigenvalue weighted by molar-refractivity contribution is -0.141. The second kappa shape index (κ2) is 3.10. The lowest BCUT2D eigenvalue weighted by Gasteiger charge is -2.10. The van der Waals surface area contributed by atoms with Crippen LogP contribution in [0.4, 0.5) is 0 Å². The van der Waals surface area contributed by atoms with Gasteiger partial charge in [-0.3, -0.25) is 4.79 Å². The van der Waals surface area contributed by atoms with Gasteiger partial charge in [0.2, 0.25) is 0 Å². The van der Waals surface area contributed by atoms with E-state index in [9.17, 15) is 4.79 Å². The highest BCUT2D eigenvalue weighted by Crippen LogP contribution is 1.99. The molecule has 1 aliphatic rings. The first-order chi connectivity index (χ1) is 4.83. The van der Waals surface area contributed by atoms with Gasteiger partial charge < -0.3 is 14.4 Å². The van der Waals surface area contributed by atoms with E-state index in [1.165, 1.54) is 7.11 Å². The Morgan fingerprint density at radius 2 is 2.70 bits per heavy atom. The summed E-state index contributed by atoms with van der Waals surface area (Å²) in [7, 11) is 1.36. The van der Waals surface area contributed by atoms with Crippen LogP contribution in [-0.2, 0) is 14.3 Å². The molecule has 4 nitrogen and oxygen atoms in total. The van der Waals surface area contributed by atoms with E-state index in [0.717, 1.165) is 0 Å². The molecule has 1 aliphatic heterocycles. The quantitative estimate of drug-likeness (QED) is 0.507. The molecular weight excluding hydrogens is 134 g/mol. The van der Waals surface area contributed by atoms with Crippen molar-refractivity contribution in [3.05, 3.63) is 12.5 Å². The van der Waals surface area contributed by atoms with Crippen molar-refractivity contribution in [2.75, 3.05) is 20.4 Å². The van der Waals surface area contributed by atoms with Gasteiger partial charge in [-0.1, -0.05) is 0 Å². The van der Waals surface area contributed by atoms with E-state index in [4.69, 9.17) is 4.74 Å². The summed E-state index contributed by atoms with van der Waals surface area (Å²) in [6, 6.07) is 0. The molecule has 0 amide bonds. The Kier molecular flexibility index (Phi) is 2.15. The van der Waals surface area contributed by atoms with Gasteiger partial charge in [0.05, 0.1) is 7.11 Å². The summed E-state index contributed by atoms with van der Waals surface area (Å²) in [4.78, 5) is 12.3. The van der Waals surface area contributed by atoms with Crippen LogP contribution in [0.2, 0.25) is 0 Å². The summed E-state index contributed by atoms with van der Waals surface area (Å²) >= 11 is 0. The van der Waals surface area contributed by atoms with E-state index in [0.29, 0.717) is 6.73 Å². The summed E-state index contributed by atoms with van der Waals surface area (Å²) in [6.45, 7) is 0.697. The molecule has 1 heterocycles. The SMILES string of the molecule is COC(=O)CN1C=COC1. The third kappa shape index (κ3) is 1.65. The summed E-state index contributed by atoms with van der Waals surface area (Å²) in [6.07, 6.45) is 3.25. The van der Waals surface area contributed by atoms with Crippen molar-refractivity contribution in [1.82, 2.24) is 4.90 Å². The molecule has 0 aromatic heterocycles. The Bertz CT molecular complexity index is 155. The molecule has 4 heteroatoms. The monoisotopic (exact) mass is 143 g/mol. The molecule has 0 radical (unpaired) electrons. The molecule has 0 bridgehead atoms. The zero-order valence-corrected chi connectivity index (χ0v) is 5.74. The van der Waals surface area contributed by atoms with Crippen molar-refractivity contribution >= 4 is 5.97 Å². The van der Waals surface area contributed by atoms with E-state index >= 15 is 0 Å². The van der Waals surface area contributed by atoms with Gasteiger partial charge in [0.1, 0.15) is 12.8 Å². The third-order valence-corrected chi connectivity index (χ3v) is 1.17. The zero-order chi connectivity index (χ0) is 7.40. The first-order valence-electron chi connectivity index (χ1n) is 2.92. The molecular formula is C6H9NO3. The second-order valence-corrected chi connectivity index (χ2v) is 1.90. The molecule has 0 spiro atoms. The van der Waals surface area contributed by atoms with Crippen LogP contribution < -0.4 is 0 Å².